The molecule has 0 saturated heterocycles. The van der Waals surface area contributed by atoms with Crippen molar-refractivity contribution in [1.82, 2.24) is 10.1 Å². The summed E-state index contributed by atoms with van der Waals surface area (Å²) in [5.41, 5.74) is 6.19. The maximum atomic E-state index is 12.6. The predicted octanol–water partition coefficient (Wildman–Crippen LogP) is 0.753. The number of hydrogen-bond donors (Lipinski definition) is 2. The highest BCUT2D eigenvalue weighted by Gasteiger charge is 2.49. The van der Waals surface area contributed by atoms with E-state index in [2.05, 4.69) is 10.5 Å². The summed E-state index contributed by atoms with van der Waals surface area (Å²) in [5, 5.41) is 6.31. The Hall–Kier alpha value is -1.89. The van der Waals surface area contributed by atoms with Gasteiger partial charge in [0.05, 0.1) is 12.5 Å². The van der Waals surface area contributed by atoms with Gasteiger partial charge in [0.15, 0.2) is 5.82 Å². The number of carbonyl (C=O) groups excluding carboxylic acids is 2. The minimum absolute atomic E-state index is 0.00858. The van der Waals surface area contributed by atoms with Crippen LogP contribution < -0.4 is 11.1 Å². The monoisotopic (exact) mass is 306 g/mol. The number of hydrogen-bond acceptors (Lipinski definition) is 5. The van der Waals surface area contributed by atoms with Crippen LogP contribution in [0.5, 0.6) is 0 Å². The van der Waals surface area contributed by atoms with Gasteiger partial charge in [0, 0.05) is 19.2 Å². The molecule has 2 bridgehead atoms. The molecule has 7 heteroatoms. The molecule has 0 aliphatic heterocycles. The molecule has 0 aromatic carbocycles. The molecule has 3 rings (SSSR count). The van der Waals surface area contributed by atoms with E-state index in [0.29, 0.717) is 23.4 Å². The third kappa shape index (κ3) is 2.72. The summed E-state index contributed by atoms with van der Waals surface area (Å²) in [5.74, 6) is 1.39. The van der Waals surface area contributed by atoms with E-state index in [-0.39, 0.29) is 30.3 Å². The molecule has 1 aromatic heterocycles. The first-order valence-electron chi connectivity index (χ1n) is 7.69. The first-order chi connectivity index (χ1) is 10.5. The zero-order chi connectivity index (χ0) is 15.9. The zero-order valence-corrected chi connectivity index (χ0v) is 12.9. The lowest BCUT2D eigenvalue weighted by Crippen LogP contribution is -2.47. The maximum absolute atomic E-state index is 12.6. The quantitative estimate of drug-likeness (QED) is 0.855. The van der Waals surface area contributed by atoms with E-state index in [4.69, 9.17) is 10.3 Å². The standard InChI is InChI=1S/C15H22N4O3/c1-8-5-11(18-22-8)17-12(20)7-19(2)15(21)13-9-3-4-10(6-9)14(13)16/h5,9-10,13-14H,3-4,6-7,16H2,1-2H3,(H,17,18,20). The largest absolute Gasteiger partial charge is 0.360 e. The van der Waals surface area contributed by atoms with Gasteiger partial charge in [-0.05, 0) is 38.0 Å². The van der Waals surface area contributed by atoms with E-state index in [1.54, 1.807) is 20.0 Å². The number of aromatic nitrogens is 1. The van der Waals surface area contributed by atoms with Crippen molar-refractivity contribution in [3.63, 3.8) is 0 Å². The molecule has 120 valence electrons. The topological polar surface area (TPSA) is 101 Å². The lowest BCUT2D eigenvalue weighted by atomic mass is 9.84. The molecule has 7 nitrogen and oxygen atoms in total. The number of nitrogens with one attached hydrogen (secondary N) is 1. The van der Waals surface area contributed by atoms with Gasteiger partial charge in [0.2, 0.25) is 11.8 Å². The molecular weight excluding hydrogens is 284 g/mol. The molecule has 1 heterocycles. The molecule has 3 N–H and O–H groups in total. The van der Waals surface area contributed by atoms with Crippen LogP contribution in [0.25, 0.3) is 0 Å². The van der Waals surface area contributed by atoms with Crippen LogP contribution in [-0.4, -0.2) is 41.5 Å². The van der Waals surface area contributed by atoms with Gasteiger partial charge in [-0.25, -0.2) is 0 Å². The summed E-state index contributed by atoms with van der Waals surface area (Å²) in [7, 11) is 1.65. The summed E-state index contributed by atoms with van der Waals surface area (Å²) in [6, 6.07) is 1.57. The molecule has 2 aliphatic rings. The fraction of sp³-hybridized carbons (Fsp3) is 0.667. The molecule has 4 atom stereocenters. The Morgan fingerprint density at radius 1 is 1.45 bits per heavy atom. The average Bonchev–Trinajstić information content (AvgIpc) is 3.14. The summed E-state index contributed by atoms with van der Waals surface area (Å²) in [6.45, 7) is 1.74. The first kappa shape index (κ1) is 15.0. The second-order valence-corrected chi connectivity index (χ2v) is 6.50. The van der Waals surface area contributed by atoms with Crippen LogP contribution in [0.15, 0.2) is 10.6 Å². The Labute approximate surface area is 129 Å². The maximum Gasteiger partial charge on any atom is 0.245 e. The SMILES string of the molecule is Cc1cc(NC(=O)CN(C)C(=O)C2C3CCC(C3)C2N)no1. The summed E-state index contributed by atoms with van der Waals surface area (Å²) in [6.07, 6.45) is 3.26. The van der Waals surface area contributed by atoms with Gasteiger partial charge in [-0.15, -0.1) is 0 Å². The van der Waals surface area contributed by atoms with Crippen LogP contribution >= 0.6 is 0 Å². The lowest BCUT2D eigenvalue weighted by molar-refractivity contribution is -0.138. The Morgan fingerprint density at radius 2 is 2.18 bits per heavy atom. The van der Waals surface area contributed by atoms with Crippen molar-refractivity contribution in [2.24, 2.45) is 23.5 Å². The van der Waals surface area contributed by atoms with Gasteiger partial charge < -0.3 is 20.5 Å². The lowest BCUT2D eigenvalue weighted by Gasteiger charge is -2.30. The van der Waals surface area contributed by atoms with E-state index < -0.39 is 0 Å². The highest BCUT2D eigenvalue weighted by Crippen LogP contribution is 2.48. The molecule has 4 unspecified atom stereocenters. The number of aryl methyl sites for hydroxylation is 1. The number of likely N-dealkylation sites (N-methyl/N-ethyl adjacent to an activating group) is 1. The number of fused-ring (bicyclic) bond motifs is 2. The third-order valence-corrected chi connectivity index (χ3v) is 4.92. The van der Waals surface area contributed by atoms with Gasteiger partial charge in [-0.2, -0.15) is 0 Å². The zero-order valence-electron chi connectivity index (χ0n) is 12.9. The Bertz CT molecular complexity index is 583. The molecular formula is C15H22N4O3. The minimum atomic E-state index is -0.291. The second kappa shape index (κ2) is 5.72. The number of anilines is 1. The molecule has 22 heavy (non-hydrogen) atoms. The second-order valence-electron chi connectivity index (χ2n) is 6.50. The fourth-order valence-electron chi connectivity index (χ4n) is 3.86. The van der Waals surface area contributed by atoms with Crippen LogP contribution in [0.4, 0.5) is 5.82 Å². The highest BCUT2D eigenvalue weighted by atomic mass is 16.5. The van der Waals surface area contributed by atoms with Gasteiger partial charge in [-0.3, -0.25) is 9.59 Å². The number of amides is 2. The molecule has 2 fully saturated rings. The van der Waals surface area contributed by atoms with E-state index in [1.165, 1.54) is 4.90 Å². The fourth-order valence-corrected chi connectivity index (χ4v) is 3.86. The van der Waals surface area contributed by atoms with Crippen molar-refractivity contribution >= 4 is 17.6 Å². The Balaban J connectivity index is 1.56. The summed E-state index contributed by atoms with van der Waals surface area (Å²) >= 11 is 0. The predicted molar refractivity (Wildman–Crippen MR) is 79.8 cm³/mol. The van der Waals surface area contributed by atoms with E-state index in [0.717, 1.165) is 19.3 Å². The van der Waals surface area contributed by atoms with Gasteiger partial charge in [0.1, 0.15) is 5.76 Å². The average molecular weight is 306 g/mol. The highest BCUT2D eigenvalue weighted by molar-refractivity contribution is 5.94. The van der Waals surface area contributed by atoms with Crippen molar-refractivity contribution in [2.45, 2.75) is 32.2 Å². The number of nitrogens with zero attached hydrogens (tertiary/aromatic N) is 2. The van der Waals surface area contributed by atoms with Crippen molar-refractivity contribution in [3.8, 4) is 0 Å². The van der Waals surface area contributed by atoms with Crippen molar-refractivity contribution in [2.75, 3.05) is 18.9 Å². The number of rotatable bonds is 4. The molecule has 0 radical (unpaired) electrons. The van der Waals surface area contributed by atoms with E-state index >= 15 is 0 Å². The van der Waals surface area contributed by atoms with Crippen LogP contribution in [0, 0.1) is 24.7 Å². The van der Waals surface area contributed by atoms with Crippen molar-refractivity contribution in [3.05, 3.63) is 11.8 Å². The third-order valence-electron chi connectivity index (χ3n) is 4.92. The molecule has 2 saturated carbocycles. The smallest absolute Gasteiger partial charge is 0.245 e. The van der Waals surface area contributed by atoms with Gasteiger partial charge in [0.25, 0.3) is 0 Å². The molecule has 1 aromatic rings. The van der Waals surface area contributed by atoms with Crippen LogP contribution in [-0.2, 0) is 9.59 Å². The summed E-state index contributed by atoms with van der Waals surface area (Å²) < 4.78 is 4.88. The Morgan fingerprint density at radius 3 is 2.77 bits per heavy atom. The van der Waals surface area contributed by atoms with Crippen molar-refractivity contribution in [1.29, 1.82) is 0 Å². The van der Waals surface area contributed by atoms with Crippen LogP contribution in [0.3, 0.4) is 0 Å². The van der Waals surface area contributed by atoms with Gasteiger partial charge in [-0.1, -0.05) is 5.16 Å². The first-order valence-corrected chi connectivity index (χ1v) is 7.69. The Kier molecular flexibility index (Phi) is 3.90. The van der Waals surface area contributed by atoms with E-state index in [1.807, 2.05) is 0 Å². The molecule has 0 spiro atoms. The number of nitrogens with two attached hydrogens (primary N) is 1. The van der Waals surface area contributed by atoms with Gasteiger partial charge >= 0.3 is 0 Å². The molecule has 2 amide bonds. The minimum Gasteiger partial charge on any atom is -0.360 e. The van der Waals surface area contributed by atoms with E-state index in [9.17, 15) is 9.59 Å². The number of carbonyl (C=O) groups is 2. The van der Waals surface area contributed by atoms with Crippen molar-refractivity contribution < 1.29 is 14.1 Å². The normalized spacial score (nSPS) is 29.6. The summed E-state index contributed by atoms with van der Waals surface area (Å²) in [4.78, 5) is 26.0. The van der Waals surface area contributed by atoms with Crippen LogP contribution in [0.2, 0.25) is 0 Å². The van der Waals surface area contributed by atoms with Crippen LogP contribution in [0.1, 0.15) is 25.0 Å². The molecule has 2 aliphatic carbocycles.